The van der Waals surface area contributed by atoms with Gasteiger partial charge in [-0.2, -0.15) is 0 Å². The molecule has 0 radical (unpaired) electrons. The number of rotatable bonds is 3. The molecule has 0 amide bonds. The van der Waals surface area contributed by atoms with Gasteiger partial charge >= 0.3 is 0 Å². The molecule has 0 spiro atoms. The Morgan fingerprint density at radius 2 is 2.10 bits per heavy atom. The lowest BCUT2D eigenvalue weighted by Crippen LogP contribution is -2.19. The molecule has 0 aliphatic rings. The molecule has 4 heteroatoms. The first kappa shape index (κ1) is 13.2. The van der Waals surface area contributed by atoms with Gasteiger partial charge in [0.05, 0.1) is 5.69 Å². The van der Waals surface area contributed by atoms with Gasteiger partial charge in [-0.3, -0.25) is 4.98 Å². The van der Waals surface area contributed by atoms with E-state index in [4.69, 9.17) is 16.0 Å². The maximum Gasteiger partial charge on any atom is 0.134 e. The molecule has 20 heavy (non-hydrogen) atoms. The van der Waals surface area contributed by atoms with Crippen molar-refractivity contribution < 1.29 is 4.42 Å². The molecule has 0 saturated carbocycles. The average molecular weight is 287 g/mol. The van der Waals surface area contributed by atoms with Gasteiger partial charge in [0.25, 0.3) is 0 Å². The summed E-state index contributed by atoms with van der Waals surface area (Å²) < 4.78 is 5.92. The van der Waals surface area contributed by atoms with Crippen LogP contribution in [0.5, 0.6) is 0 Å². The number of fused-ring (bicyclic) bond motifs is 1. The zero-order chi connectivity index (χ0) is 14.1. The van der Waals surface area contributed by atoms with Crippen LogP contribution in [0.1, 0.15) is 23.1 Å². The van der Waals surface area contributed by atoms with Crippen molar-refractivity contribution in [3.63, 3.8) is 0 Å². The number of pyridine rings is 1. The lowest BCUT2D eigenvalue weighted by atomic mass is 10.1. The first-order valence-corrected chi connectivity index (χ1v) is 6.84. The normalized spacial score (nSPS) is 12.8. The lowest BCUT2D eigenvalue weighted by molar-refractivity contribution is 0.484. The molecular formula is C16H15ClN2O. The number of hydrogen-bond acceptors (Lipinski definition) is 3. The van der Waals surface area contributed by atoms with Gasteiger partial charge in [0.1, 0.15) is 17.4 Å². The Bertz CT molecular complexity index is 751. The van der Waals surface area contributed by atoms with E-state index in [0.717, 1.165) is 28.0 Å². The van der Waals surface area contributed by atoms with Crippen molar-refractivity contribution in [1.29, 1.82) is 0 Å². The summed E-state index contributed by atoms with van der Waals surface area (Å²) in [5.74, 6) is 0.839. The van der Waals surface area contributed by atoms with Gasteiger partial charge in [-0.1, -0.05) is 17.7 Å². The number of hydrogen-bond donors (Lipinski definition) is 1. The third kappa shape index (κ3) is 2.30. The standard InChI is InChI=1S/C16H15ClN2O/c1-10-4-3-7-19-15(10)16(18-2)14-9-11-8-12(17)5-6-13(11)20-14/h3-9,16,18H,1-2H3. The van der Waals surface area contributed by atoms with Gasteiger partial charge < -0.3 is 9.73 Å². The van der Waals surface area contributed by atoms with E-state index in [-0.39, 0.29) is 6.04 Å². The summed E-state index contributed by atoms with van der Waals surface area (Å²) in [4.78, 5) is 4.46. The fourth-order valence-electron chi connectivity index (χ4n) is 2.39. The highest BCUT2D eigenvalue weighted by molar-refractivity contribution is 6.31. The number of aryl methyl sites for hydroxylation is 1. The third-order valence-electron chi connectivity index (χ3n) is 3.39. The van der Waals surface area contributed by atoms with Crippen LogP contribution >= 0.6 is 11.6 Å². The third-order valence-corrected chi connectivity index (χ3v) is 3.63. The van der Waals surface area contributed by atoms with Gasteiger partial charge in [0.2, 0.25) is 0 Å². The molecule has 3 rings (SSSR count). The molecule has 0 fully saturated rings. The van der Waals surface area contributed by atoms with Gasteiger partial charge in [-0.05, 0) is 49.9 Å². The predicted octanol–water partition coefficient (Wildman–Crippen LogP) is 4.10. The fraction of sp³-hybridized carbons (Fsp3) is 0.188. The molecule has 2 heterocycles. The van der Waals surface area contributed by atoms with Crippen molar-refractivity contribution in [3.8, 4) is 0 Å². The molecule has 1 atom stereocenters. The molecule has 102 valence electrons. The largest absolute Gasteiger partial charge is 0.459 e. The van der Waals surface area contributed by atoms with Crippen LogP contribution < -0.4 is 5.32 Å². The summed E-state index contributed by atoms with van der Waals surface area (Å²) in [5.41, 5.74) is 2.93. The van der Waals surface area contributed by atoms with Crippen molar-refractivity contribution >= 4 is 22.6 Å². The molecule has 1 N–H and O–H groups in total. The van der Waals surface area contributed by atoms with E-state index < -0.39 is 0 Å². The zero-order valence-electron chi connectivity index (χ0n) is 11.4. The molecule has 2 aromatic heterocycles. The molecule has 0 aliphatic carbocycles. The minimum absolute atomic E-state index is 0.0672. The van der Waals surface area contributed by atoms with E-state index in [2.05, 4.69) is 10.3 Å². The molecular weight excluding hydrogens is 272 g/mol. The van der Waals surface area contributed by atoms with E-state index in [1.54, 1.807) is 6.20 Å². The van der Waals surface area contributed by atoms with E-state index >= 15 is 0 Å². The van der Waals surface area contributed by atoms with Gasteiger partial charge in [0.15, 0.2) is 0 Å². The van der Waals surface area contributed by atoms with Crippen LogP contribution in [0.15, 0.2) is 47.0 Å². The van der Waals surface area contributed by atoms with Gasteiger partial charge in [-0.25, -0.2) is 0 Å². The number of aromatic nitrogens is 1. The second kappa shape index (κ2) is 5.27. The Morgan fingerprint density at radius 1 is 1.25 bits per heavy atom. The van der Waals surface area contributed by atoms with E-state index in [1.807, 2.05) is 50.4 Å². The van der Waals surface area contributed by atoms with Crippen molar-refractivity contribution in [1.82, 2.24) is 10.3 Å². The Kier molecular flexibility index (Phi) is 3.47. The summed E-state index contributed by atoms with van der Waals surface area (Å²) in [6, 6.07) is 11.5. The molecule has 3 aromatic rings. The predicted molar refractivity (Wildman–Crippen MR) is 81.1 cm³/mol. The van der Waals surface area contributed by atoms with Crippen LogP contribution in [-0.4, -0.2) is 12.0 Å². The van der Waals surface area contributed by atoms with Gasteiger partial charge in [0, 0.05) is 16.6 Å². The van der Waals surface area contributed by atoms with Crippen molar-refractivity contribution in [2.45, 2.75) is 13.0 Å². The highest BCUT2D eigenvalue weighted by Crippen LogP contribution is 2.29. The lowest BCUT2D eigenvalue weighted by Gasteiger charge is -2.14. The fourth-order valence-corrected chi connectivity index (χ4v) is 2.57. The summed E-state index contributed by atoms with van der Waals surface area (Å²) in [5, 5.41) is 4.97. The van der Waals surface area contributed by atoms with Gasteiger partial charge in [-0.15, -0.1) is 0 Å². The number of furan rings is 1. The highest BCUT2D eigenvalue weighted by atomic mass is 35.5. The summed E-state index contributed by atoms with van der Waals surface area (Å²) >= 11 is 6.01. The first-order valence-electron chi connectivity index (χ1n) is 6.47. The molecule has 1 unspecified atom stereocenters. The second-order valence-electron chi connectivity index (χ2n) is 4.76. The van der Waals surface area contributed by atoms with Crippen molar-refractivity contribution in [2.75, 3.05) is 7.05 Å². The highest BCUT2D eigenvalue weighted by Gasteiger charge is 2.19. The maximum atomic E-state index is 6.01. The smallest absolute Gasteiger partial charge is 0.134 e. The maximum absolute atomic E-state index is 6.01. The summed E-state index contributed by atoms with van der Waals surface area (Å²) in [6.45, 7) is 2.05. The van der Waals surface area contributed by atoms with Crippen LogP contribution in [0, 0.1) is 6.92 Å². The Morgan fingerprint density at radius 3 is 2.85 bits per heavy atom. The minimum Gasteiger partial charge on any atom is -0.459 e. The number of nitrogens with zero attached hydrogens (tertiary/aromatic N) is 1. The molecule has 0 saturated heterocycles. The van der Waals surface area contributed by atoms with Crippen LogP contribution in [0.3, 0.4) is 0 Å². The SMILES string of the molecule is CNC(c1cc2cc(Cl)ccc2o1)c1ncccc1C. The molecule has 0 bridgehead atoms. The van der Waals surface area contributed by atoms with E-state index in [1.165, 1.54) is 0 Å². The van der Waals surface area contributed by atoms with Crippen molar-refractivity contribution in [2.24, 2.45) is 0 Å². The Labute approximate surface area is 122 Å². The number of nitrogens with one attached hydrogen (secondary N) is 1. The van der Waals surface area contributed by atoms with Crippen LogP contribution in [0.25, 0.3) is 11.0 Å². The average Bonchev–Trinajstić information content (AvgIpc) is 2.84. The monoisotopic (exact) mass is 286 g/mol. The zero-order valence-corrected chi connectivity index (χ0v) is 12.1. The molecule has 0 aliphatic heterocycles. The van der Waals surface area contributed by atoms with Crippen LogP contribution in [-0.2, 0) is 0 Å². The topological polar surface area (TPSA) is 38.1 Å². The van der Waals surface area contributed by atoms with Crippen LogP contribution in [0.2, 0.25) is 5.02 Å². The Balaban J connectivity index is 2.10. The quantitative estimate of drug-likeness (QED) is 0.788. The van der Waals surface area contributed by atoms with Crippen molar-refractivity contribution in [3.05, 3.63) is 64.6 Å². The number of benzene rings is 1. The Hall–Kier alpha value is -1.84. The first-order chi connectivity index (χ1) is 9.69. The molecule has 1 aromatic carbocycles. The molecule has 3 nitrogen and oxygen atoms in total. The summed E-state index contributed by atoms with van der Waals surface area (Å²) in [6.07, 6.45) is 1.80. The van der Waals surface area contributed by atoms with E-state index in [9.17, 15) is 0 Å². The van der Waals surface area contributed by atoms with E-state index in [0.29, 0.717) is 5.02 Å². The minimum atomic E-state index is -0.0672. The van der Waals surface area contributed by atoms with Crippen LogP contribution in [0.4, 0.5) is 0 Å². The number of halogens is 1. The second-order valence-corrected chi connectivity index (χ2v) is 5.19. The summed E-state index contributed by atoms with van der Waals surface area (Å²) in [7, 11) is 1.90.